The summed E-state index contributed by atoms with van der Waals surface area (Å²) in [5, 5.41) is 0. The zero-order valence-corrected chi connectivity index (χ0v) is 13.2. The first-order valence-electron chi connectivity index (χ1n) is 7.67. The minimum absolute atomic E-state index is 0.304. The Morgan fingerprint density at radius 2 is 1.67 bits per heavy atom. The predicted octanol–water partition coefficient (Wildman–Crippen LogP) is 3.84. The van der Waals surface area contributed by atoms with E-state index in [1.807, 2.05) is 42.5 Å². The molecule has 24 heavy (non-hydrogen) atoms. The first-order chi connectivity index (χ1) is 11.7. The standard InChI is InChI=1S/C20H16O4/c1-2-23-18(21)13-12-15(14-8-4-3-5-9-14)19-16-10-6-7-11-17(16)20(22)24-19/h3-13H,2H2,1H3/b13-12+,19-15-. The van der Waals surface area contributed by atoms with Crippen molar-refractivity contribution in [3.63, 3.8) is 0 Å². The minimum Gasteiger partial charge on any atom is -0.463 e. The number of cyclic esters (lactones) is 1. The molecule has 0 amide bonds. The van der Waals surface area contributed by atoms with Gasteiger partial charge in [-0.15, -0.1) is 0 Å². The van der Waals surface area contributed by atoms with Gasteiger partial charge < -0.3 is 9.47 Å². The Morgan fingerprint density at radius 3 is 2.38 bits per heavy atom. The second kappa shape index (κ2) is 6.96. The van der Waals surface area contributed by atoms with Crippen LogP contribution in [-0.2, 0) is 14.3 Å². The largest absolute Gasteiger partial charge is 0.463 e. The summed E-state index contributed by atoms with van der Waals surface area (Å²) >= 11 is 0. The van der Waals surface area contributed by atoms with Gasteiger partial charge in [0.1, 0.15) is 5.76 Å². The Morgan fingerprint density at radius 1 is 1.00 bits per heavy atom. The van der Waals surface area contributed by atoms with Gasteiger partial charge in [-0.3, -0.25) is 0 Å². The van der Waals surface area contributed by atoms with Crippen LogP contribution < -0.4 is 0 Å². The third kappa shape index (κ3) is 3.13. The molecule has 0 radical (unpaired) electrons. The fourth-order valence-electron chi connectivity index (χ4n) is 2.52. The second-order valence-electron chi connectivity index (χ2n) is 5.13. The van der Waals surface area contributed by atoms with Crippen LogP contribution in [0.2, 0.25) is 0 Å². The maximum atomic E-state index is 12.1. The van der Waals surface area contributed by atoms with Crippen LogP contribution >= 0.6 is 0 Å². The van der Waals surface area contributed by atoms with E-state index >= 15 is 0 Å². The summed E-state index contributed by atoms with van der Waals surface area (Å²) in [6.45, 7) is 2.05. The lowest BCUT2D eigenvalue weighted by Crippen LogP contribution is -1.99. The van der Waals surface area contributed by atoms with Gasteiger partial charge in [0.2, 0.25) is 0 Å². The molecule has 1 aliphatic rings. The second-order valence-corrected chi connectivity index (χ2v) is 5.13. The molecule has 0 bridgehead atoms. The van der Waals surface area contributed by atoms with E-state index in [9.17, 15) is 9.59 Å². The highest BCUT2D eigenvalue weighted by atomic mass is 16.5. The lowest BCUT2D eigenvalue weighted by atomic mass is 9.99. The molecule has 1 heterocycles. The Bertz CT molecular complexity index is 832. The van der Waals surface area contributed by atoms with E-state index in [2.05, 4.69) is 0 Å². The van der Waals surface area contributed by atoms with Gasteiger partial charge in [-0.25, -0.2) is 9.59 Å². The molecule has 4 heteroatoms. The number of carbonyl (C=O) groups is 2. The topological polar surface area (TPSA) is 52.6 Å². The summed E-state index contributed by atoms with van der Waals surface area (Å²) in [4.78, 5) is 23.7. The van der Waals surface area contributed by atoms with E-state index in [4.69, 9.17) is 9.47 Å². The van der Waals surface area contributed by atoms with Crippen molar-refractivity contribution >= 4 is 23.3 Å². The summed E-state index contributed by atoms with van der Waals surface area (Å²) in [7, 11) is 0. The molecule has 2 aromatic rings. The normalized spacial score (nSPS) is 15.1. The van der Waals surface area contributed by atoms with Crippen molar-refractivity contribution in [3.05, 3.63) is 83.4 Å². The molecule has 0 unspecified atom stereocenters. The van der Waals surface area contributed by atoms with Gasteiger partial charge in [-0.1, -0.05) is 48.5 Å². The van der Waals surface area contributed by atoms with Gasteiger partial charge in [0, 0.05) is 17.2 Å². The van der Waals surface area contributed by atoms with Crippen molar-refractivity contribution < 1.29 is 19.1 Å². The van der Waals surface area contributed by atoms with Gasteiger partial charge in [-0.2, -0.15) is 0 Å². The van der Waals surface area contributed by atoms with Gasteiger partial charge in [0.25, 0.3) is 0 Å². The summed E-state index contributed by atoms with van der Waals surface area (Å²) < 4.78 is 10.4. The molecular weight excluding hydrogens is 304 g/mol. The number of carbonyl (C=O) groups excluding carboxylic acids is 2. The molecule has 0 fully saturated rings. The molecule has 0 N–H and O–H groups in total. The van der Waals surface area contributed by atoms with Gasteiger partial charge in [0.05, 0.1) is 12.2 Å². The molecule has 120 valence electrons. The SMILES string of the molecule is CCOC(=O)/C=C/C(=C1/OC(=O)c2ccccc21)c1ccccc1. The third-order valence-electron chi connectivity index (χ3n) is 3.59. The minimum atomic E-state index is -0.441. The van der Waals surface area contributed by atoms with Crippen molar-refractivity contribution in [2.24, 2.45) is 0 Å². The zero-order chi connectivity index (χ0) is 16.9. The first-order valence-corrected chi connectivity index (χ1v) is 7.67. The summed E-state index contributed by atoms with van der Waals surface area (Å²) in [5.41, 5.74) is 2.74. The molecule has 0 aliphatic carbocycles. The highest BCUT2D eigenvalue weighted by molar-refractivity contribution is 6.09. The van der Waals surface area contributed by atoms with Crippen molar-refractivity contribution in [2.45, 2.75) is 6.92 Å². The van der Waals surface area contributed by atoms with Crippen LogP contribution in [0, 0.1) is 0 Å². The van der Waals surface area contributed by atoms with Gasteiger partial charge in [0.15, 0.2) is 0 Å². The van der Waals surface area contributed by atoms with Crippen LogP contribution in [-0.4, -0.2) is 18.5 Å². The fraction of sp³-hybridized carbons (Fsp3) is 0.100. The number of esters is 2. The number of ether oxygens (including phenoxy) is 2. The lowest BCUT2D eigenvalue weighted by Gasteiger charge is -2.08. The van der Waals surface area contributed by atoms with E-state index in [1.54, 1.807) is 25.1 Å². The Labute approximate surface area is 140 Å². The van der Waals surface area contributed by atoms with Crippen LogP contribution in [0.4, 0.5) is 0 Å². The van der Waals surface area contributed by atoms with E-state index in [0.29, 0.717) is 23.5 Å². The number of benzene rings is 2. The van der Waals surface area contributed by atoms with E-state index < -0.39 is 11.9 Å². The van der Waals surface area contributed by atoms with E-state index in [-0.39, 0.29) is 0 Å². The molecule has 0 spiro atoms. The Kier molecular flexibility index (Phi) is 4.57. The molecule has 0 saturated heterocycles. The molecule has 2 aromatic carbocycles. The molecule has 4 nitrogen and oxygen atoms in total. The van der Waals surface area contributed by atoms with E-state index in [0.717, 1.165) is 11.1 Å². The maximum absolute atomic E-state index is 12.1. The van der Waals surface area contributed by atoms with Crippen molar-refractivity contribution in [1.82, 2.24) is 0 Å². The molecule has 0 atom stereocenters. The molecule has 0 aromatic heterocycles. The van der Waals surface area contributed by atoms with Crippen molar-refractivity contribution in [1.29, 1.82) is 0 Å². The monoisotopic (exact) mass is 320 g/mol. The predicted molar refractivity (Wildman–Crippen MR) is 90.9 cm³/mol. The number of allylic oxidation sites excluding steroid dienone is 2. The first kappa shape index (κ1) is 15.7. The fourth-order valence-corrected chi connectivity index (χ4v) is 2.52. The number of fused-ring (bicyclic) bond motifs is 1. The van der Waals surface area contributed by atoms with E-state index in [1.165, 1.54) is 6.08 Å². The Balaban J connectivity index is 2.12. The average Bonchev–Trinajstić information content (AvgIpc) is 2.94. The quantitative estimate of drug-likeness (QED) is 0.634. The summed E-state index contributed by atoms with van der Waals surface area (Å²) in [6.07, 6.45) is 2.96. The lowest BCUT2D eigenvalue weighted by molar-refractivity contribution is -0.137. The highest BCUT2D eigenvalue weighted by Crippen LogP contribution is 2.36. The van der Waals surface area contributed by atoms with Crippen molar-refractivity contribution in [3.8, 4) is 0 Å². The average molecular weight is 320 g/mol. The molecule has 3 rings (SSSR count). The summed E-state index contributed by atoms with van der Waals surface area (Å²) in [5.74, 6) is -0.384. The maximum Gasteiger partial charge on any atom is 0.344 e. The van der Waals surface area contributed by atoms with Gasteiger partial charge >= 0.3 is 11.9 Å². The van der Waals surface area contributed by atoms with Crippen LogP contribution in [0.1, 0.15) is 28.4 Å². The number of hydrogen-bond acceptors (Lipinski definition) is 4. The smallest absolute Gasteiger partial charge is 0.344 e. The third-order valence-corrected chi connectivity index (χ3v) is 3.59. The Hall–Kier alpha value is -3.14. The summed E-state index contributed by atoms with van der Waals surface area (Å²) in [6, 6.07) is 16.7. The van der Waals surface area contributed by atoms with Crippen molar-refractivity contribution in [2.75, 3.05) is 6.61 Å². The highest BCUT2D eigenvalue weighted by Gasteiger charge is 2.28. The number of hydrogen-bond donors (Lipinski definition) is 0. The van der Waals surface area contributed by atoms with Crippen LogP contribution in [0.5, 0.6) is 0 Å². The van der Waals surface area contributed by atoms with Crippen LogP contribution in [0.15, 0.2) is 66.7 Å². The van der Waals surface area contributed by atoms with Crippen LogP contribution in [0.25, 0.3) is 11.3 Å². The van der Waals surface area contributed by atoms with Gasteiger partial charge in [-0.05, 0) is 24.6 Å². The molecule has 0 saturated carbocycles. The molecular formula is C20H16O4. The molecule has 1 aliphatic heterocycles. The zero-order valence-electron chi connectivity index (χ0n) is 13.2. The van der Waals surface area contributed by atoms with Crippen LogP contribution in [0.3, 0.4) is 0 Å². The number of rotatable bonds is 4.